The zero-order valence-corrected chi connectivity index (χ0v) is 14.1. The average Bonchev–Trinajstić information content (AvgIpc) is 3.02. The molecule has 1 heterocycles. The van der Waals surface area contributed by atoms with Gasteiger partial charge in [-0.25, -0.2) is 0 Å². The van der Waals surface area contributed by atoms with Crippen molar-refractivity contribution in [2.24, 2.45) is 16.7 Å². The van der Waals surface area contributed by atoms with Crippen LogP contribution in [0.1, 0.15) is 33.1 Å². The Bertz CT molecular complexity index is 559. The van der Waals surface area contributed by atoms with Crippen LogP contribution in [0.2, 0.25) is 0 Å². The highest BCUT2D eigenvalue weighted by atomic mass is 32.2. The Morgan fingerprint density at radius 1 is 1.13 bits per heavy atom. The topological polar surface area (TPSA) is 9.23 Å². The van der Waals surface area contributed by atoms with E-state index in [9.17, 15) is 17.3 Å². The molecule has 1 spiro atoms. The normalized spacial score (nSPS) is 37.2. The van der Waals surface area contributed by atoms with Crippen LogP contribution in [0.5, 0.6) is 0 Å². The Balaban J connectivity index is 0.000000276. The van der Waals surface area contributed by atoms with E-state index in [1.807, 2.05) is 0 Å². The van der Waals surface area contributed by atoms with Gasteiger partial charge in [0.2, 0.25) is 0 Å². The summed E-state index contributed by atoms with van der Waals surface area (Å²) in [6, 6.07) is 10.8. The fourth-order valence-electron chi connectivity index (χ4n) is 4.60. The quantitative estimate of drug-likeness (QED) is 0.390. The molecule has 0 radical (unpaired) electrons. The molecular formula is C16H21BF4OS. The van der Waals surface area contributed by atoms with Gasteiger partial charge in [-0.3, -0.25) is 0 Å². The van der Waals surface area contributed by atoms with Crippen LogP contribution >= 0.6 is 0 Å². The molecule has 1 saturated heterocycles. The van der Waals surface area contributed by atoms with Crippen molar-refractivity contribution in [1.82, 2.24) is 0 Å². The molecule has 1 aromatic carbocycles. The second-order valence-corrected chi connectivity index (χ2v) is 8.88. The highest BCUT2D eigenvalue weighted by molar-refractivity contribution is 7.92. The van der Waals surface area contributed by atoms with Gasteiger partial charge < -0.3 is 17.3 Å². The Morgan fingerprint density at radius 3 is 2.26 bits per heavy atom. The van der Waals surface area contributed by atoms with E-state index in [2.05, 4.69) is 44.2 Å². The van der Waals surface area contributed by atoms with Gasteiger partial charge in [0.05, 0.1) is 5.41 Å². The molecule has 4 rings (SSSR count). The largest absolute Gasteiger partial charge is 0.673 e. The van der Waals surface area contributed by atoms with E-state index in [1.54, 1.807) is 0 Å². The summed E-state index contributed by atoms with van der Waals surface area (Å²) >= 11 is 0.0414. The molecule has 2 bridgehead atoms. The maximum Gasteiger partial charge on any atom is 0.673 e. The zero-order chi connectivity index (χ0) is 16.9. The molecule has 1 unspecified atom stereocenters. The second kappa shape index (κ2) is 5.69. The molecule has 128 valence electrons. The fourth-order valence-corrected chi connectivity index (χ4v) is 7.12. The van der Waals surface area contributed by atoms with E-state index in [0.29, 0.717) is 16.9 Å². The van der Waals surface area contributed by atoms with Gasteiger partial charge in [-0.05, 0) is 42.7 Å². The first kappa shape index (κ1) is 17.1. The zero-order valence-electron chi connectivity index (χ0n) is 13.3. The molecule has 0 N–H and O–H groups in total. The molecule has 1 nitrogen and oxygen atoms in total. The van der Waals surface area contributed by atoms with E-state index < -0.39 is 7.25 Å². The predicted octanol–water partition coefficient (Wildman–Crippen LogP) is 5.10. The van der Waals surface area contributed by atoms with E-state index in [1.165, 1.54) is 29.9 Å². The van der Waals surface area contributed by atoms with Gasteiger partial charge in [-0.1, -0.05) is 32.0 Å². The Kier molecular flexibility index (Phi) is 4.24. The van der Waals surface area contributed by atoms with Gasteiger partial charge in [-0.15, -0.1) is 0 Å². The van der Waals surface area contributed by atoms with Crippen molar-refractivity contribution in [2.75, 3.05) is 5.75 Å². The summed E-state index contributed by atoms with van der Waals surface area (Å²) in [7, 11) is -6.00. The van der Waals surface area contributed by atoms with Gasteiger partial charge in [0.25, 0.3) is 0 Å². The van der Waals surface area contributed by atoms with Crippen molar-refractivity contribution in [2.45, 2.75) is 44.1 Å². The third-order valence-corrected chi connectivity index (χ3v) is 8.02. The summed E-state index contributed by atoms with van der Waals surface area (Å²) in [5.41, 5.74) is 0.977. The summed E-state index contributed by atoms with van der Waals surface area (Å²) < 4.78 is 45.5. The summed E-state index contributed by atoms with van der Waals surface area (Å²) in [6.07, 6.45) is 4.67. The number of hydrogen-bond donors (Lipinski definition) is 0. The van der Waals surface area contributed by atoms with Crippen LogP contribution in [0.4, 0.5) is 17.3 Å². The van der Waals surface area contributed by atoms with Crippen LogP contribution in [0.15, 0.2) is 35.2 Å². The van der Waals surface area contributed by atoms with E-state index in [0.717, 1.165) is 5.92 Å². The molecule has 2 aliphatic carbocycles. The summed E-state index contributed by atoms with van der Waals surface area (Å²) in [6.45, 7) is 4.98. The van der Waals surface area contributed by atoms with Crippen molar-refractivity contribution in [3.63, 3.8) is 0 Å². The number of hydrogen-bond acceptors (Lipinski definition) is 1. The van der Waals surface area contributed by atoms with E-state index >= 15 is 0 Å². The Morgan fingerprint density at radius 2 is 1.74 bits per heavy atom. The number of rotatable bonds is 1. The lowest BCUT2D eigenvalue weighted by Crippen LogP contribution is -2.37. The lowest BCUT2D eigenvalue weighted by atomic mass is 9.70. The summed E-state index contributed by atoms with van der Waals surface area (Å²) in [5.74, 6) is 2.18. The van der Waals surface area contributed by atoms with Crippen LogP contribution in [-0.2, 0) is 15.4 Å². The minimum atomic E-state index is -6.00. The first-order valence-electron chi connectivity index (χ1n) is 7.94. The third kappa shape index (κ3) is 3.02. The van der Waals surface area contributed by atoms with Crippen molar-refractivity contribution in [3.8, 4) is 0 Å². The Hall–Kier alpha value is -0.685. The third-order valence-electron chi connectivity index (χ3n) is 5.98. The summed E-state index contributed by atoms with van der Waals surface area (Å²) in [4.78, 5) is 1.40. The van der Waals surface area contributed by atoms with Gasteiger partial charge in [0.1, 0.15) is 6.10 Å². The molecule has 7 heteroatoms. The van der Waals surface area contributed by atoms with Crippen molar-refractivity contribution < 1.29 is 21.4 Å². The molecule has 2 saturated carbocycles. The first-order chi connectivity index (χ1) is 10.6. The average molecular weight is 348 g/mol. The standard InChI is InChI=1S/C16H21OS.BF4/c1-15(2)12-8-9-16(15)11-18(17-14(16)10-12)13-6-4-3-5-7-13;2-1(3,4)5/h3-7,12,14H,8-11H2,1-2H3;/q+1;-1/t12-,14-,16-,18?;/m1./s1. The maximum absolute atomic E-state index is 9.75. The highest BCUT2D eigenvalue weighted by Gasteiger charge is 2.72. The van der Waals surface area contributed by atoms with Gasteiger partial charge in [0.15, 0.2) is 21.8 Å². The van der Waals surface area contributed by atoms with Crippen LogP contribution in [0.3, 0.4) is 0 Å². The van der Waals surface area contributed by atoms with Gasteiger partial charge in [-0.2, -0.15) is 4.18 Å². The molecular weight excluding hydrogens is 327 g/mol. The van der Waals surface area contributed by atoms with Gasteiger partial charge >= 0.3 is 7.25 Å². The number of fused-ring (bicyclic) bond motifs is 1. The predicted molar refractivity (Wildman–Crippen MR) is 85.6 cm³/mol. The molecule has 23 heavy (non-hydrogen) atoms. The fraction of sp³-hybridized carbons (Fsp3) is 0.625. The summed E-state index contributed by atoms with van der Waals surface area (Å²) in [5, 5.41) is 0. The van der Waals surface area contributed by atoms with E-state index in [4.69, 9.17) is 4.18 Å². The van der Waals surface area contributed by atoms with Crippen LogP contribution in [-0.4, -0.2) is 19.1 Å². The van der Waals surface area contributed by atoms with Crippen molar-refractivity contribution in [1.29, 1.82) is 0 Å². The van der Waals surface area contributed by atoms with Gasteiger partial charge in [0, 0.05) is 0 Å². The molecule has 3 aliphatic rings. The molecule has 1 aromatic rings. The molecule has 1 aliphatic heterocycles. The molecule has 0 aromatic heterocycles. The Labute approximate surface area is 137 Å². The first-order valence-corrected chi connectivity index (χ1v) is 9.26. The number of halogens is 4. The molecule has 0 amide bonds. The second-order valence-electron chi connectivity index (χ2n) is 7.23. The smallest absolute Gasteiger partial charge is 0.418 e. The maximum atomic E-state index is 9.75. The van der Waals surface area contributed by atoms with Crippen molar-refractivity contribution in [3.05, 3.63) is 30.3 Å². The number of benzene rings is 1. The van der Waals surface area contributed by atoms with Crippen LogP contribution in [0.25, 0.3) is 0 Å². The van der Waals surface area contributed by atoms with Crippen LogP contribution < -0.4 is 0 Å². The van der Waals surface area contributed by atoms with Crippen molar-refractivity contribution >= 4 is 18.4 Å². The van der Waals surface area contributed by atoms with Crippen LogP contribution in [0, 0.1) is 16.7 Å². The SMILES string of the molecule is CC1(C)[C@@H]2CC[C@]13C[S+](c1ccccc1)O[C@@H]3C2.F[B-](F)(F)F. The minimum Gasteiger partial charge on any atom is -0.418 e. The molecule has 3 fully saturated rings. The highest BCUT2D eigenvalue weighted by Crippen LogP contribution is 2.69. The monoisotopic (exact) mass is 348 g/mol. The lowest BCUT2D eigenvalue weighted by Gasteiger charge is -2.33. The molecule has 4 atom stereocenters. The lowest BCUT2D eigenvalue weighted by molar-refractivity contribution is 0.0734. The minimum absolute atomic E-state index is 0.0414. The van der Waals surface area contributed by atoms with E-state index in [-0.39, 0.29) is 11.2 Å².